The predicted molar refractivity (Wildman–Crippen MR) is 53.2 cm³/mol. The van der Waals surface area contributed by atoms with Crippen LogP contribution in [0, 0.1) is 0 Å². The Labute approximate surface area is 80.6 Å². The van der Waals surface area contributed by atoms with Gasteiger partial charge in [-0.1, -0.05) is 18.2 Å². The van der Waals surface area contributed by atoms with Crippen molar-refractivity contribution in [2.24, 2.45) is 0 Å². The molecule has 0 spiro atoms. The fourth-order valence-electron chi connectivity index (χ4n) is 1.29. The number of pyridine rings is 1. The van der Waals surface area contributed by atoms with E-state index >= 15 is 0 Å². The third-order valence-electron chi connectivity index (χ3n) is 1.99. The van der Waals surface area contributed by atoms with Gasteiger partial charge in [0, 0.05) is 5.39 Å². The van der Waals surface area contributed by atoms with Crippen LogP contribution in [0.1, 0.15) is 0 Å². The molecule has 0 amide bonds. The average molecular weight is 189 g/mol. The van der Waals surface area contributed by atoms with E-state index in [2.05, 4.69) is 4.98 Å². The molecular formula is C9H8BNO3. The van der Waals surface area contributed by atoms with Crippen LogP contribution >= 0.6 is 0 Å². The standard InChI is InChI=1S/C9H8BNO3/c12-7-3-1-2-6-4-5-8(10(13)14)11-9(6)7/h1-5,12-14H. The molecule has 2 rings (SSSR count). The number of fused-ring (bicyclic) bond motifs is 1. The van der Waals surface area contributed by atoms with Gasteiger partial charge in [-0.25, -0.2) is 0 Å². The average Bonchev–Trinajstić information content (AvgIpc) is 2.18. The maximum atomic E-state index is 9.45. The number of phenols is 1. The van der Waals surface area contributed by atoms with Crippen molar-refractivity contribution >= 4 is 23.6 Å². The second-order valence-corrected chi connectivity index (χ2v) is 2.96. The zero-order valence-electron chi connectivity index (χ0n) is 7.25. The molecule has 0 aliphatic rings. The fourth-order valence-corrected chi connectivity index (χ4v) is 1.29. The van der Waals surface area contributed by atoms with E-state index in [1.54, 1.807) is 18.2 Å². The van der Waals surface area contributed by atoms with Crippen molar-refractivity contribution in [2.45, 2.75) is 0 Å². The third-order valence-corrected chi connectivity index (χ3v) is 1.99. The maximum Gasteiger partial charge on any atom is 0.508 e. The summed E-state index contributed by atoms with van der Waals surface area (Å²) in [7, 11) is -1.61. The van der Waals surface area contributed by atoms with E-state index in [-0.39, 0.29) is 11.3 Å². The van der Waals surface area contributed by atoms with Gasteiger partial charge in [0.15, 0.2) is 0 Å². The Morgan fingerprint density at radius 2 is 1.86 bits per heavy atom. The van der Waals surface area contributed by atoms with E-state index in [1.165, 1.54) is 12.1 Å². The van der Waals surface area contributed by atoms with E-state index in [9.17, 15) is 5.11 Å². The Balaban J connectivity index is 2.70. The molecule has 0 saturated carbocycles. The molecule has 1 aromatic carbocycles. The summed E-state index contributed by atoms with van der Waals surface area (Å²) < 4.78 is 0. The summed E-state index contributed by atoms with van der Waals surface area (Å²) in [5, 5.41) is 28.0. The SMILES string of the molecule is OB(O)c1ccc2cccc(O)c2n1. The molecule has 2 aromatic rings. The fraction of sp³-hybridized carbons (Fsp3) is 0. The van der Waals surface area contributed by atoms with Crippen molar-refractivity contribution in [3.05, 3.63) is 30.3 Å². The maximum absolute atomic E-state index is 9.45. The summed E-state index contributed by atoms with van der Waals surface area (Å²) in [6.07, 6.45) is 0. The van der Waals surface area contributed by atoms with Crippen LogP contribution in [0.5, 0.6) is 5.75 Å². The molecule has 3 N–H and O–H groups in total. The van der Waals surface area contributed by atoms with Gasteiger partial charge < -0.3 is 15.2 Å². The Kier molecular flexibility index (Phi) is 2.11. The first-order valence-electron chi connectivity index (χ1n) is 4.13. The number of phenolic OH excluding ortho intramolecular Hbond substituents is 1. The van der Waals surface area contributed by atoms with Gasteiger partial charge in [0.1, 0.15) is 11.3 Å². The number of hydrogen-bond acceptors (Lipinski definition) is 4. The summed E-state index contributed by atoms with van der Waals surface area (Å²) >= 11 is 0. The molecule has 70 valence electrons. The lowest BCUT2D eigenvalue weighted by Gasteiger charge is -2.02. The topological polar surface area (TPSA) is 73.6 Å². The molecule has 4 nitrogen and oxygen atoms in total. The molecule has 1 aromatic heterocycles. The molecule has 0 atom stereocenters. The van der Waals surface area contributed by atoms with E-state index in [1.807, 2.05) is 0 Å². The molecule has 0 aliphatic carbocycles. The first-order chi connectivity index (χ1) is 6.68. The van der Waals surface area contributed by atoms with Crippen LogP contribution in [-0.2, 0) is 0 Å². The summed E-state index contributed by atoms with van der Waals surface area (Å²) in [5.74, 6) is 0.0324. The Morgan fingerprint density at radius 3 is 2.57 bits per heavy atom. The van der Waals surface area contributed by atoms with Crippen molar-refractivity contribution in [3.63, 3.8) is 0 Å². The smallest absolute Gasteiger partial charge is 0.506 e. The van der Waals surface area contributed by atoms with Gasteiger partial charge >= 0.3 is 7.12 Å². The van der Waals surface area contributed by atoms with Gasteiger partial charge in [-0.2, -0.15) is 0 Å². The van der Waals surface area contributed by atoms with Crippen LogP contribution in [0.25, 0.3) is 10.9 Å². The molecule has 0 fully saturated rings. The molecule has 0 radical (unpaired) electrons. The highest BCUT2D eigenvalue weighted by Gasteiger charge is 2.13. The predicted octanol–water partition coefficient (Wildman–Crippen LogP) is -0.380. The van der Waals surface area contributed by atoms with Gasteiger partial charge in [-0.05, 0) is 12.1 Å². The van der Waals surface area contributed by atoms with Gasteiger partial charge in [0.05, 0.1) is 5.59 Å². The quantitative estimate of drug-likeness (QED) is 0.534. The van der Waals surface area contributed by atoms with Crippen molar-refractivity contribution in [1.29, 1.82) is 0 Å². The molecule has 0 bridgehead atoms. The molecule has 0 saturated heterocycles. The molecule has 0 aliphatic heterocycles. The highest BCUT2D eigenvalue weighted by atomic mass is 16.4. The number of hydrogen-bond donors (Lipinski definition) is 3. The van der Waals surface area contributed by atoms with Crippen molar-refractivity contribution in [1.82, 2.24) is 4.98 Å². The van der Waals surface area contributed by atoms with Crippen LogP contribution in [-0.4, -0.2) is 27.3 Å². The van der Waals surface area contributed by atoms with Crippen molar-refractivity contribution in [3.8, 4) is 5.75 Å². The molecule has 1 heterocycles. The first-order valence-corrected chi connectivity index (χ1v) is 4.13. The van der Waals surface area contributed by atoms with Crippen LogP contribution in [0.2, 0.25) is 0 Å². The minimum atomic E-state index is -1.61. The zero-order valence-corrected chi connectivity index (χ0v) is 7.25. The number of benzene rings is 1. The van der Waals surface area contributed by atoms with E-state index in [0.717, 1.165) is 5.39 Å². The second-order valence-electron chi connectivity index (χ2n) is 2.96. The van der Waals surface area contributed by atoms with E-state index in [4.69, 9.17) is 10.0 Å². The summed E-state index contributed by atoms with van der Waals surface area (Å²) in [4.78, 5) is 3.92. The summed E-state index contributed by atoms with van der Waals surface area (Å²) in [6.45, 7) is 0. The molecule has 0 unspecified atom stereocenters. The lowest BCUT2D eigenvalue weighted by Crippen LogP contribution is -2.32. The van der Waals surface area contributed by atoms with Crippen LogP contribution in [0.3, 0.4) is 0 Å². The highest BCUT2D eigenvalue weighted by molar-refractivity contribution is 6.57. The number of rotatable bonds is 1. The lowest BCUT2D eigenvalue weighted by molar-refractivity contribution is 0.424. The third kappa shape index (κ3) is 1.43. The van der Waals surface area contributed by atoms with Gasteiger partial charge in [0.25, 0.3) is 0 Å². The van der Waals surface area contributed by atoms with Gasteiger partial charge in [-0.3, -0.25) is 4.98 Å². The van der Waals surface area contributed by atoms with Crippen LogP contribution in [0.15, 0.2) is 30.3 Å². The minimum Gasteiger partial charge on any atom is -0.506 e. The van der Waals surface area contributed by atoms with Crippen LogP contribution in [0.4, 0.5) is 0 Å². The van der Waals surface area contributed by atoms with Crippen LogP contribution < -0.4 is 5.59 Å². The van der Waals surface area contributed by atoms with Crippen molar-refractivity contribution in [2.75, 3.05) is 0 Å². The van der Waals surface area contributed by atoms with Gasteiger partial charge in [0.2, 0.25) is 0 Å². The van der Waals surface area contributed by atoms with Gasteiger partial charge in [-0.15, -0.1) is 0 Å². The number of para-hydroxylation sites is 1. The van der Waals surface area contributed by atoms with Crippen molar-refractivity contribution < 1.29 is 15.2 Å². The highest BCUT2D eigenvalue weighted by Crippen LogP contribution is 2.20. The molecule has 14 heavy (non-hydrogen) atoms. The van der Waals surface area contributed by atoms with E-state index < -0.39 is 7.12 Å². The molecule has 5 heteroatoms. The Bertz CT molecular complexity index is 473. The largest absolute Gasteiger partial charge is 0.508 e. The lowest BCUT2D eigenvalue weighted by atomic mass is 9.85. The Hall–Kier alpha value is -1.59. The summed E-state index contributed by atoms with van der Waals surface area (Å²) in [6, 6.07) is 8.18. The number of nitrogens with zero attached hydrogens (tertiary/aromatic N) is 1. The number of aromatic nitrogens is 1. The minimum absolute atomic E-state index is 0.0324. The zero-order chi connectivity index (χ0) is 10.1. The summed E-state index contributed by atoms with van der Waals surface area (Å²) in [5.41, 5.74) is 0.497. The Morgan fingerprint density at radius 1 is 1.07 bits per heavy atom. The molecular weight excluding hydrogens is 181 g/mol. The number of aromatic hydroxyl groups is 1. The first kappa shape index (κ1) is 8.99. The second kappa shape index (κ2) is 3.28. The normalized spacial score (nSPS) is 10.4. The monoisotopic (exact) mass is 189 g/mol. The van der Waals surface area contributed by atoms with E-state index in [0.29, 0.717) is 5.52 Å².